The lowest BCUT2D eigenvalue weighted by molar-refractivity contribution is -0.115. The summed E-state index contributed by atoms with van der Waals surface area (Å²) < 4.78 is 1.55. The maximum atomic E-state index is 12.3. The SMILES string of the molecule is CCc1ccc(-c2nc(CC(=O)Nc3ccc(-n4cnnn4)cc3)cs2)cc1. The van der Waals surface area contributed by atoms with Gasteiger partial charge in [0.1, 0.15) is 11.3 Å². The Morgan fingerprint density at radius 2 is 1.89 bits per heavy atom. The van der Waals surface area contributed by atoms with Crippen LogP contribution in [0.2, 0.25) is 0 Å². The summed E-state index contributed by atoms with van der Waals surface area (Å²) in [6, 6.07) is 15.7. The van der Waals surface area contributed by atoms with Crippen LogP contribution in [0.5, 0.6) is 0 Å². The lowest BCUT2D eigenvalue weighted by Crippen LogP contribution is -2.14. The van der Waals surface area contributed by atoms with Crippen LogP contribution in [0.4, 0.5) is 5.69 Å². The number of hydrogen-bond donors (Lipinski definition) is 1. The average molecular weight is 390 g/mol. The molecular weight excluding hydrogens is 372 g/mol. The van der Waals surface area contributed by atoms with Gasteiger partial charge in [-0.15, -0.1) is 16.4 Å². The predicted octanol–water partition coefficient (Wildman–Crippen LogP) is 3.53. The minimum atomic E-state index is -0.103. The summed E-state index contributed by atoms with van der Waals surface area (Å²) in [5.41, 5.74) is 4.68. The number of hydrogen-bond acceptors (Lipinski definition) is 6. The van der Waals surface area contributed by atoms with Gasteiger partial charge in [0.05, 0.1) is 17.8 Å². The highest BCUT2D eigenvalue weighted by molar-refractivity contribution is 7.13. The maximum Gasteiger partial charge on any atom is 0.230 e. The summed E-state index contributed by atoms with van der Waals surface area (Å²) in [7, 11) is 0. The van der Waals surface area contributed by atoms with E-state index in [0.717, 1.165) is 28.4 Å². The predicted molar refractivity (Wildman–Crippen MR) is 108 cm³/mol. The van der Waals surface area contributed by atoms with Crippen molar-refractivity contribution in [1.82, 2.24) is 25.2 Å². The van der Waals surface area contributed by atoms with Crippen LogP contribution in [0.25, 0.3) is 16.3 Å². The zero-order valence-corrected chi connectivity index (χ0v) is 16.1. The highest BCUT2D eigenvalue weighted by Crippen LogP contribution is 2.24. The normalized spacial score (nSPS) is 10.8. The van der Waals surface area contributed by atoms with E-state index in [1.54, 1.807) is 16.0 Å². The first-order valence-corrected chi connectivity index (χ1v) is 9.76. The molecule has 0 spiro atoms. The molecule has 0 aliphatic carbocycles. The highest BCUT2D eigenvalue weighted by atomic mass is 32.1. The number of thiazole rings is 1. The second kappa shape index (κ2) is 8.10. The van der Waals surface area contributed by atoms with Gasteiger partial charge in [-0.1, -0.05) is 31.2 Å². The van der Waals surface area contributed by atoms with E-state index in [0.29, 0.717) is 5.69 Å². The highest BCUT2D eigenvalue weighted by Gasteiger charge is 2.10. The average Bonchev–Trinajstić information content (AvgIpc) is 3.41. The summed E-state index contributed by atoms with van der Waals surface area (Å²) in [4.78, 5) is 16.9. The smallest absolute Gasteiger partial charge is 0.230 e. The van der Waals surface area contributed by atoms with Crippen molar-refractivity contribution < 1.29 is 4.79 Å². The van der Waals surface area contributed by atoms with E-state index in [9.17, 15) is 4.79 Å². The van der Waals surface area contributed by atoms with Gasteiger partial charge < -0.3 is 5.32 Å². The van der Waals surface area contributed by atoms with Crippen molar-refractivity contribution in [2.45, 2.75) is 19.8 Å². The third-order valence-electron chi connectivity index (χ3n) is 4.27. The van der Waals surface area contributed by atoms with Crippen molar-refractivity contribution in [3.8, 4) is 16.3 Å². The van der Waals surface area contributed by atoms with Crippen LogP contribution in [0, 0.1) is 0 Å². The second-order valence-electron chi connectivity index (χ2n) is 6.22. The third kappa shape index (κ3) is 4.12. The molecule has 0 saturated heterocycles. The number of aryl methyl sites for hydroxylation is 1. The number of nitrogens with zero attached hydrogens (tertiary/aromatic N) is 5. The van der Waals surface area contributed by atoms with E-state index >= 15 is 0 Å². The summed E-state index contributed by atoms with van der Waals surface area (Å²) in [6.07, 6.45) is 2.77. The molecule has 2 aromatic heterocycles. The Hall–Kier alpha value is -3.39. The molecule has 1 N–H and O–H groups in total. The summed E-state index contributed by atoms with van der Waals surface area (Å²) >= 11 is 1.55. The van der Waals surface area contributed by atoms with Gasteiger partial charge in [-0.3, -0.25) is 4.79 Å². The first-order valence-electron chi connectivity index (χ1n) is 8.88. The number of aromatic nitrogens is 5. The molecule has 2 heterocycles. The van der Waals surface area contributed by atoms with Gasteiger partial charge in [-0.2, -0.15) is 0 Å². The Balaban J connectivity index is 1.38. The van der Waals surface area contributed by atoms with E-state index in [2.05, 4.69) is 57.0 Å². The third-order valence-corrected chi connectivity index (χ3v) is 5.21. The minimum Gasteiger partial charge on any atom is -0.326 e. The quantitative estimate of drug-likeness (QED) is 0.544. The molecular formula is C20H18N6OS. The molecule has 140 valence electrons. The van der Waals surface area contributed by atoms with Crippen LogP contribution in [0.15, 0.2) is 60.2 Å². The summed E-state index contributed by atoms with van der Waals surface area (Å²) in [5.74, 6) is -0.103. The van der Waals surface area contributed by atoms with Crippen LogP contribution >= 0.6 is 11.3 Å². The number of tetrazole rings is 1. The van der Waals surface area contributed by atoms with Gasteiger partial charge in [0.15, 0.2) is 0 Å². The molecule has 7 nitrogen and oxygen atoms in total. The fourth-order valence-corrected chi connectivity index (χ4v) is 3.58. The molecule has 1 amide bonds. The maximum absolute atomic E-state index is 12.3. The van der Waals surface area contributed by atoms with Gasteiger partial charge in [0, 0.05) is 16.6 Å². The minimum absolute atomic E-state index is 0.103. The summed E-state index contributed by atoms with van der Waals surface area (Å²) in [5, 5.41) is 16.8. The van der Waals surface area contributed by atoms with Crippen molar-refractivity contribution in [2.24, 2.45) is 0 Å². The molecule has 4 aromatic rings. The van der Waals surface area contributed by atoms with Crippen molar-refractivity contribution in [3.05, 3.63) is 71.5 Å². The zero-order valence-electron chi connectivity index (χ0n) is 15.2. The molecule has 0 unspecified atom stereocenters. The fourth-order valence-electron chi connectivity index (χ4n) is 2.75. The number of carbonyl (C=O) groups excluding carboxylic acids is 1. The van der Waals surface area contributed by atoms with Crippen LogP contribution in [-0.2, 0) is 17.6 Å². The fraction of sp³-hybridized carbons (Fsp3) is 0.150. The molecule has 0 radical (unpaired) electrons. The molecule has 0 aliphatic heterocycles. The first-order chi connectivity index (χ1) is 13.7. The number of nitrogens with one attached hydrogen (secondary N) is 1. The number of amides is 1. The van der Waals surface area contributed by atoms with Crippen LogP contribution in [0.3, 0.4) is 0 Å². The van der Waals surface area contributed by atoms with Gasteiger partial charge in [-0.25, -0.2) is 9.67 Å². The largest absolute Gasteiger partial charge is 0.326 e. The monoisotopic (exact) mass is 390 g/mol. The number of benzene rings is 2. The Labute approximate surface area is 166 Å². The molecule has 28 heavy (non-hydrogen) atoms. The van der Waals surface area contributed by atoms with Crippen molar-refractivity contribution in [1.29, 1.82) is 0 Å². The topological polar surface area (TPSA) is 85.6 Å². The molecule has 0 atom stereocenters. The number of carbonyl (C=O) groups is 1. The Morgan fingerprint density at radius 1 is 1.11 bits per heavy atom. The zero-order chi connectivity index (χ0) is 19.3. The van der Waals surface area contributed by atoms with E-state index in [1.165, 1.54) is 11.9 Å². The Morgan fingerprint density at radius 3 is 2.57 bits per heavy atom. The van der Waals surface area contributed by atoms with Crippen molar-refractivity contribution >= 4 is 22.9 Å². The van der Waals surface area contributed by atoms with Gasteiger partial charge in [0.2, 0.25) is 5.91 Å². The Bertz CT molecular complexity index is 1060. The lowest BCUT2D eigenvalue weighted by Gasteiger charge is -2.05. The molecule has 0 bridgehead atoms. The molecule has 4 rings (SSSR count). The standard InChI is InChI=1S/C20H18N6OS/c1-2-14-3-5-15(6-4-14)20-23-17(12-28-20)11-19(27)22-16-7-9-18(10-8-16)26-13-21-24-25-26/h3-10,12-13H,2,11H2,1H3,(H,22,27). The van der Waals surface area contributed by atoms with E-state index in [4.69, 9.17) is 0 Å². The molecule has 2 aromatic carbocycles. The van der Waals surface area contributed by atoms with Crippen LogP contribution < -0.4 is 5.32 Å². The van der Waals surface area contributed by atoms with Crippen LogP contribution in [-0.4, -0.2) is 31.1 Å². The summed E-state index contributed by atoms with van der Waals surface area (Å²) in [6.45, 7) is 2.13. The van der Waals surface area contributed by atoms with Crippen molar-refractivity contribution in [3.63, 3.8) is 0 Å². The lowest BCUT2D eigenvalue weighted by atomic mass is 10.1. The van der Waals surface area contributed by atoms with E-state index in [1.807, 2.05) is 29.6 Å². The van der Waals surface area contributed by atoms with E-state index < -0.39 is 0 Å². The van der Waals surface area contributed by atoms with Crippen LogP contribution in [0.1, 0.15) is 18.2 Å². The molecule has 0 aliphatic rings. The number of anilines is 1. The molecule has 8 heteroatoms. The number of rotatable bonds is 6. The Kier molecular flexibility index (Phi) is 5.20. The van der Waals surface area contributed by atoms with Crippen molar-refractivity contribution in [2.75, 3.05) is 5.32 Å². The second-order valence-corrected chi connectivity index (χ2v) is 7.08. The van der Waals surface area contributed by atoms with E-state index in [-0.39, 0.29) is 12.3 Å². The van der Waals surface area contributed by atoms with Gasteiger partial charge in [0.25, 0.3) is 0 Å². The van der Waals surface area contributed by atoms with Gasteiger partial charge in [-0.05, 0) is 46.7 Å². The first kappa shape index (κ1) is 18.0. The molecule has 0 fully saturated rings. The van der Waals surface area contributed by atoms with Gasteiger partial charge >= 0.3 is 0 Å². The molecule has 0 saturated carbocycles.